The maximum atomic E-state index is 4.37. The van der Waals surface area contributed by atoms with E-state index in [9.17, 15) is 0 Å². The van der Waals surface area contributed by atoms with Gasteiger partial charge < -0.3 is 9.88 Å². The van der Waals surface area contributed by atoms with E-state index >= 15 is 0 Å². The summed E-state index contributed by atoms with van der Waals surface area (Å²) in [5, 5.41) is 12.4. The van der Waals surface area contributed by atoms with Crippen LogP contribution in [0.25, 0.3) is 0 Å². The average Bonchev–Trinajstić information content (AvgIpc) is 2.99. The zero-order chi connectivity index (χ0) is 12.1. The molecule has 0 amide bonds. The topological polar surface area (TPSA) is 42.7 Å². The van der Waals surface area contributed by atoms with E-state index in [0.29, 0.717) is 12.1 Å². The number of rotatable bonds is 3. The second-order valence-corrected chi connectivity index (χ2v) is 5.96. The monoisotopic (exact) mass is 244 g/mol. The van der Waals surface area contributed by atoms with Crippen molar-refractivity contribution in [1.82, 2.24) is 20.1 Å². The molecule has 0 aromatic carbocycles. The summed E-state index contributed by atoms with van der Waals surface area (Å²) in [6.45, 7) is 3.32. The van der Waals surface area contributed by atoms with Crippen LogP contribution in [-0.4, -0.2) is 20.8 Å². The molecule has 3 aliphatic rings. The Kier molecular flexibility index (Phi) is 2.34. The molecule has 1 saturated carbocycles. The first-order chi connectivity index (χ1) is 8.83. The predicted molar refractivity (Wildman–Crippen MR) is 69.0 cm³/mol. The van der Waals surface area contributed by atoms with Gasteiger partial charge in [0.25, 0.3) is 0 Å². The van der Waals surface area contributed by atoms with Crippen molar-refractivity contribution in [3.05, 3.63) is 23.8 Å². The van der Waals surface area contributed by atoms with Gasteiger partial charge in [0.1, 0.15) is 11.6 Å². The van der Waals surface area contributed by atoms with Gasteiger partial charge in [-0.1, -0.05) is 12.2 Å². The Morgan fingerprint density at radius 3 is 3.28 bits per heavy atom. The summed E-state index contributed by atoms with van der Waals surface area (Å²) in [6, 6.07) is 0.974. The van der Waals surface area contributed by atoms with Gasteiger partial charge in [0, 0.05) is 19.0 Å². The average molecular weight is 244 g/mol. The van der Waals surface area contributed by atoms with E-state index in [1.165, 1.54) is 25.1 Å². The molecule has 1 aromatic heterocycles. The number of hydrogen-bond donors (Lipinski definition) is 1. The van der Waals surface area contributed by atoms with Crippen molar-refractivity contribution < 1.29 is 0 Å². The Bertz CT molecular complexity index is 490. The van der Waals surface area contributed by atoms with Gasteiger partial charge in [-0.05, 0) is 38.0 Å². The molecule has 0 saturated heterocycles. The highest BCUT2D eigenvalue weighted by molar-refractivity contribution is 5.14. The fourth-order valence-corrected chi connectivity index (χ4v) is 3.80. The zero-order valence-electron chi connectivity index (χ0n) is 10.8. The van der Waals surface area contributed by atoms with Crippen LogP contribution in [0.4, 0.5) is 0 Å². The van der Waals surface area contributed by atoms with Crippen LogP contribution in [0.5, 0.6) is 0 Å². The maximum Gasteiger partial charge on any atom is 0.149 e. The number of hydrogen-bond acceptors (Lipinski definition) is 3. The third-order valence-corrected chi connectivity index (χ3v) is 4.85. The smallest absolute Gasteiger partial charge is 0.149 e. The van der Waals surface area contributed by atoms with E-state index in [0.717, 1.165) is 30.6 Å². The van der Waals surface area contributed by atoms with Crippen molar-refractivity contribution in [2.45, 2.75) is 51.2 Å². The predicted octanol–water partition coefficient (Wildman–Crippen LogP) is 1.84. The molecule has 18 heavy (non-hydrogen) atoms. The van der Waals surface area contributed by atoms with E-state index in [-0.39, 0.29) is 0 Å². The van der Waals surface area contributed by atoms with E-state index < -0.39 is 0 Å². The molecule has 4 atom stereocenters. The SMILES string of the molecule is CC(NC1CC2CC=CC21)c1nnc2n1CCC2. The second kappa shape index (κ2) is 3.92. The normalized spacial score (nSPS) is 34.2. The third-order valence-electron chi connectivity index (χ3n) is 4.85. The van der Waals surface area contributed by atoms with Gasteiger partial charge in [0.05, 0.1) is 6.04 Å². The van der Waals surface area contributed by atoms with Crippen LogP contribution >= 0.6 is 0 Å². The summed E-state index contributed by atoms with van der Waals surface area (Å²) in [5.74, 6) is 3.99. The minimum absolute atomic E-state index is 0.323. The molecule has 2 aliphatic carbocycles. The lowest BCUT2D eigenvalue weighted by molar-refractivity contribution is 0.150. The number of allylic oxidation sites excluding steroid dienone is 1. The molecule has 1 aromatic rings. The molecule has 4 unspecified atom stereocenters. The number of nitrogens with zero attached hydrogens (tertiary/aromatic N) is 3. The molecule has 2 heterocycles. The molecular weight excluding hydrogens is 224 g/mol. The molecule has 1 fully saturated rings. The van der Waals surface area contributed by atoms with Gasteiger partial charge >= 0.3 is 0 Å². The van der Waals surface area contributed by atoms with Crippen LogP contribution in [-0.2, 0) is 13.0 Å². The number of aryl methyl sites for hydroxylation is 1. The van der Waals surface area contributed by atoms with Crippen molar-refractivity contribution >= 4 is 0 Å². The maximum absolute atomic E-state index is 4.37. The van der Waals surface area contributed by atoms with Crippen LogP contribution in [0, 0.1) is 11.8 Å². The van der Waals surface area contributed by atoms with Crippen molar-refractivity contribution in [2.24, 2.45) is 11.8 Å². The van der Waals surface area contributed by atoms with Gasteiger partial charge in [-0.25, -0.2) is 0 Å². The number of nitrogens with one attached hydrogen (secondary N) is 1. The lowest BCUT2D eigenvalue weighted by Gasteiger charge is -2.42. The highest BCUT2D eigenvalue weighted by Gasteiger charge is 2.41. The summed E-state index contributed by atoms with van der Waals surface area (Å²) in [7, 11) is 0. The van der Waals surface area contributed by atoms with Crippen molar-refractivity contribution in [2.75, 3.05) is 0 Å². The minimum atomic E-state index is 0.323. The van der Waals surface area contributed by atoms with Crippen molar-refractivity contribution in [3.8, 4) is 0 Å². The Morgan fingerprint density at radius 1 is 1.44 bits per heavy atom. The van der Waals surface area contributed by atoms with Crippen molar-refractivity contribution in [3.63, 3.8) is 0 Å². The Hall–Kier alpha value is -1.16. The molecule has 0 bridgehead atoms. The quantitative estimate of drug-likeness (QED) is 0.825. The first-order valence-electron chi connectivity index (χ1n) is 7.17. The Labute approximate surface area is 107 Å². The highest BCUT2D eigenvalue weighted by Crippen LogP contribution is 2.43. The molecular formula is C14H20N4. The zero-order valence-corrected chi connectivity index (χ0v) is 10.8. The van der Waals surface area contributed by atoms with Crippen LogP contribution in [0.1, 0.15) is 43.9 Å². The highest BCUT2D eigenvalue weighted by atomic mass is 15.3. The molecule has 4 rings (SSSR count). The van der Waals surface area contributed by atoms with E-state index in [4.69, 9.17) is 0 Å². The van der Waals surface area contributed by atoms with Crippen LogP contribution in [0.2, 0.25) is 0 Å². The number of fused-ring (bicyclic) bond motifs is 2. The lowest BCUT2D eigenvalue weighted by Crippen LogP contribution is -2.49. The van der Waals surface area contributed by atoms with Gasteiger partial charge in [0.15, 0.2) is 0 Å². The summed E-state index contributed by atoms with van der Waals surface area (Å²) >= 11 is 0. The number of aromatic nitrogens is 3. The molecule has 1 aliphatic heterocycles. The molecule has 4 nitrogen and oxygen atoms in total. The van der Waals surface area contributed by atoms with Crippen LogP contribution < -0.4 is 5.32 Å². The van der Waals surface area contributed by atoms with E-state index in [1.54, 1.807) is 0 Å². The van der Waals surface area contributed by atoms with Gasteiger partial charge in [-0.3, -0.25) is 0 Å². The summed E-state index contributed by atoms with van der Waals surface area (Å²) in [6.07, 6.45) is 9.67. The van der Waals surface area contributed by atoms with Gasteiger partial charge in [-0.15, -0.1) is 10.2 Å². The molecule has 0 spiro atoms. The molecule has 0 radical (unpaired) electrons. The fourth-order valence-electron chi connectivity index (χ4n) is 3.80. The lowest BCUT2D eigenvalue weighted by atomic mass is 9.71. The van der Waals surface area contributed by atoms with E-state index in [1.807, 2.05) is 0 Å². The third kappa shape index (κ3) is 1.48. The van der Waals surface area contributed by atoms with Crippen LogP contribution in [0.15, 0.2) is 12.2 Å². The van der Waals surface area contributed by atoms with E-state index in [2.05, 4.69) is 39.2 Å². The van der Waals surface area contributed by atoms with Crippen LogP contribution in [0.3, 0.4) is 0 Å². The first-order valence-corrected chi connectivity index (χ1v) is 7.17. The van der Waals surface area contributed by atoms with Crippen molar-refractivity contribution in [1.29, 1.82) is 0 Å². The Balaban J connectivity index is 1.47. The summed E-state index contributed by atoms with van der Waals surface area (Å²) in [5.41, 5.74) is 0. The van der Waals surface area contributed by atoms with Gasteiger partial charge in [0.2, 0.25) is 0 Å². The molecule has 1 N–H and O–H groups in total. The fraction of sp³-hybridized carbons (Fsp3) is 0.714. The van der Waals surface area contributed by atoms with Gasteiger partial charge in [-0.2, -0.15) is 0 Å². The first kappa shape index (κ1) is 10.7. The largest absolute Gasteiger partial charge is 0.314 e. The second-order valence-electron chi connectivity index (χ2n) is 5.96. The molecule has 4 heteroatoms. The summed E-state index contributed by atoms with van der Waals surface area (Å²) in [4.78, 5) is 0. The summed E-state index contributed by atoms with van der Waals surface area (Å²) < 4.78 is 2.30. The standard InChI is InChI=1S/C14H20N4/c1-9(14-17-16-13-6-3-7-18(13)14)15-12-8-10-4-2-5-11(10)12/h2,5,9-12,15H,3-4,6-8H2,1H3. The molecule has 96 valence electrons. The minimum Gasteiger partial charge on any atom is -0.314 e. The Morgan fingerprint density at radius 2 is 2.39 bits per heavy atom.